The molecular formula is C16H30OSi. The van der Waals surface area contributed by atoms with E-state index in [0.717, 1.165) is 12.3 Å². The van der Waals surface area contributed by atoms with Crippen LogP contribution >= 0.6 is 0 Å². The molecule has 0 spiro atoms. The number of hydrogen-bond donors (Lipinski definition) is 0. The summed E-state index contributed by atoms with van der Waals surface area (Å²) in [5.41, 5.74) is 0. The predicted octanol–water partition coefficient (Wildman–Crippen LogP) is 4.98. The van der Waals surface area contributed by atoms with Gasteiger partial charge in [0.25, 0.3) is 0 Å². The second-order valence-electron chi connectivity index (χ2n) is 7.27. The van der Waals surface area contributed by atoms with Crippen molar-refractivity contribution in [3.8, 4) is 12.3 Å². The zero-order chi connectivity index (χ0) is 13.8. The van der Waals surface area contributed by atoms with Crippen molar-refractivity contribution in [1.29, 1.82) is 0 Å². The maximum Gasteiger partial charge on any atom is 0.193 e. The lowest BCUT2D eigenvalue weighted by Gasteiger charge is -2.39. The van der Waals surface area contributed by atoms with Gasteiger partial charge in [0.1, 0.15) is 6.10 Å². The Morgan fingerprint density at radius 1 is 1.22 bits per heavy atom. The molecule has 0 saturated heterocycles. The smallest absolute Gasteiger partial charge is 0.193 e. The molecule has 0 N–H and O–H groups in total. The number of rotatable bonds is 4. The Kier molecular flexibility index (Phi) is 5.49. The predicted molar refractivity (Wildman–Crippen MR) is 82.1 cm³/mol. The average molecular weight is 267 g/mol. The van der Waals surface area contributed by atoms with Crippen molar-refractivity contribution in [2.45, 2.75) is 83.5 Å². The first-order chi connectivity index (χ1) is 8.26. The van der Waals surface area contributed by atoms with E-state index in [1.54, 1.807) is 0 Å². The van der Waals surface area contributed by atoms with E-state index in [-0.39, 0.29) is 11.1 Å². The minimum atomic E-state index is -1.72. The molecular weight excluding hydrogens is 236 g/mol. The average Bonchev–Trinajstić information content (AvgIpc) is 2.27. The summed E-state index contributed by atoms with van der Waals surface area (Å²) in [5, 5.41) is 0.245. The third-order valence-corrected chi connectivity index (χ3v) is 9.19. The molecule has 18 heavy (non-hydrogen) atoms. The Hall–Kier alpha value is -0.263. The van der Waals surface area contributed by atoms with Gasteiger partial charge in [0.05, 0.1) is 0 Å². The normalized spacial score (nSPS) is 20.4. The molecule has 1 rings (SSSR count). The fraction of sp³-hybridized carbons (Fsp3) is 0.875. The van der Waals surface area contributed by atoms with Crippen LogP contribution in [0.5, 0.6) is 0 Å². The fourth-order valence-corrected chi connectivity index (χ4v) is 3.64. The summed E-state index contributed by atoms with van der Waals surface area (Å²) in [5.74, 6) is 3.69. The van der Waals surface area contributed by atoms with Gasteiger partial charge in [-0.25, -0.2) is 0 Å². The van der Waals surface area contributed by atoms with E-state index in [0.29, 0.717) is 0 Å². The Morgan fingerprint density at radius 3 is 2.22 bits per heavy atom. The van der Waals surface area contributed by atoms with Gasteiger partial charge in [-0.1, -0.05) is 58.8 Å². The molecule has 0 amide bonds. The second-order valence-corrected chi connectivity index (χ2v) is 12.0. The highest BCUT2D eigenvalue weighted by atomic mass is 28.4. The van der Waals surface area contributed by atoms with Crippen molar-refractivity contribution in [3.63, 3.8) is 0 Å². The lowest BCUT2D eigenvalue weighted by molar-refractivity contribution is 0.182. The molecule has 1 atom stereocenters. The maximum absolute atomic E-state index is 6.36. The third-order valence-electron chi connectivity index (χ3n) is 4.70. The minimum absolute atomic E-state index is 0.0361. The molecule has 1 saturated carbocycles. The van der Waals surface area contributed by atoms with Gasteiger partial charge >= 0.3 is 0 Å². The van der Waals surface area contributed by atoms with Gasteiger partial charge in [-0.3, -0.25) is 0 Å². The summed E-state index contributed by atoms with van der Waals surface area (Å²) >= 11 is 0. The Balaban J connectivity index is 2.54. The van der Waals surface area contributed by atoms with Gasteiger partial charge in [-0.15, -0.1) is 6.42 Å². The molecule has 0 aromatic heterocycles. The summed E-state index contributed by atoms with van der Waals surface area (Å²) in [4.78, 5) is 0. The van der Waals surface area contributed by atoms with Crippen LogP contribution in [0.2, 0.25) is 18.1 Å². The van der Waals surface area contributed by atoms with Gasteiger partial charge in [-0.05, 0) is 30.5 Å². The van der Waals surface area contributed by atoms with E-state index in [4.69, 9.17) is 10.8 Å². The molecule has 0 aromatic carbocycles. The first-order valence-electron chi connectivity index (χ1n) is 7.40. The van der Waals surface area contributed by atoms with Crippen LogP contribution in [0.15, 0.2) is 0 Å². The summed E-state index contributed by atoms with van der Waals surface area (Å²) < 4.78 is 6.36. The molecule has 0 heterocycles. The van der Waals surface area contributed by atoms with E-state index < -0.39 is 8.32 Å². The van der Waals surface area contributed by atoms with E-state index in [1.807, 2.05) is 0 Å². The molecule has 0 radical (unpaired) electrons. The van der Waals surface area contributed by atoms with Crippen LogP contribution in [0.3, 0.4) is 0 Å². The number of terminal acetylenes is 1. The first-order valence-corrected chi connectivity index (χ1v) is 10.3. The highest BCUT2D eigenvalue weighted by Crippen LogP contribution is 2.38. The fourth-order valence-electron chi connectivity index (χ4n) is 2.41. The van der Waals surface area contributed by atoms with Crippen molar-refractivity contribution >= 4 is 8.32 Å². The molecule has 1 aliphatic rings. The van der Waals surface area contributed by atoms with Crippen molar-refractivity contribution in [3.05, 3.63) is 0 Å². The van der Waals surface area contributed by atoms with E-state index >= 15 is 0 Å². The zero-order valence-corrected chi connectivity index (χ0v) is 13.9. The molecule has 0 bridgehead atoms. The van der Waals surface area contributed by atoms with E-state index in [1.165, 1.54) is 32.1 Å². The zero-order valence-electron chi connectivity index (χ0n) is 12.9. The van der Waals surface area contributed by atoms with E-state index in [9.17, 15) is 0 Å². The van der Waals surface area contributed by atoms with Crippen molar-refractivity contribution in [2.75, 3.05) is 0 Å². The van der Waals surface area contributed by atoms with Crippen LogP contribution in [-0.4, -0.2) is 14.4 Å². The SMILES string of the molecule is C#C[C@H](CC1CCCCC1)O[Si](C)(C)C(C)(C)C. The molecule has 0 aromatic rings. The molecule has 1 aliphatic carbocycles. The van der Waals surface area contributed by atoms with Gasteiger partial charge in [0.15, 0.2) is 8.32 Å². The molecule has 1 nitrogen and oxygen atoms in total. The standard InChI is InChI=1S/C16H30OSi/c1-7-15(13-14-11-9-8-10-12-14)17-18(5,6)16(2,3)4/h1,14-15H,8-13H2,2-6H3/t15-/m1/s1. The van der Waals surface area contributed by atoms with Crippen LogP contribution in [0.4, 0.5) is 0 Å². The quantitative estimate of drug-likeness (QED) is 0.515. The summed E-state index contributed by atoms with van der Waals surface area (Å²) in [6.45, 7) is 11.4. The van der Waals surface area contributed by atoms with Crippen LogP contribution < -0.4 is 0 Å². The Labute approximate surface area is 115 Å². The molecule has 104 valence electrons. The van der Waals surface area contributed by atoms with Crippen LogP contribution in [0, 0.1) is 18.3 Å². The van der Waals surface area contributed by atoms with Crippen molar-refractivity contribution < 1.29 is 4.43 Å². The highest BCUT2D eigenvalue weighted by molar-refractivity contribution is 6.74. The summed E-state index contributed by atoms with van der Waals surface area (Å²) in [6.07, 6.45) is 13.6. The lowest BCUT2D eigenvalue weighted by atomic mass is 9.85. The molecule has 1 fully saturated rings. The van der Waals surface area contributed by atoms with Gasteiger partial charge < -0.3 is 4.43 Å². The molecule has 2 heteroatoms. The van der Waals surface area contributed by atoms with Crippen LogP contribution in [-0.2, 0) is 4.43 Å². The number of hydrogen-bond acceptors (Lipinski definition) is 1. The maximum atomic E-state index is 6.36. The second kappa shape index (κ2) is 6.26. The van der Waals surface area contributed by atoms with Crippen LogP contribution in [0.1, 0.15) is 59.3 Å². The highest BCUT2D eigenvalue weighted by Gasteiger charge is 2.39. The van der Waals surface area contributed by atoms with Gasteiger partial charge in [0.2, 0.25) is 0 Å². The van der Waals surface area contributed by atoms with E-state index in [2.05, 4.69) is 39.8 Å². The Morgan fingerprint density at radius 2 is 1.78 bits per heavy atom. The summed E-state index contributed by atoms with van der Waals surface area (Å²) in [6, 6.07) is 0. The largest absolute Gasteiger partial charge is 0.403 e. The van der Waals surface area contributed by atoms with Gasteiger partial charge in [-0.2, -0.15) is 0 Å². The third kappa shape index (κ3) is 4.44. The molecule has 0 aliphatic heterocycles. The first kappa shape index (κ1) is 15.8. The Bertz CT molecular complexity index is 289. The van der Waals surface area contributed by atoms with Crippen molar-refractivity contribution in [1.82, 2.24) is 0 Å². The van der Waals surface area contributed by atoms with Gasteiger partial charge in [0, 0.05) is 0 Å². The topological polar surface area (TPSA) is 9.23 Å². The minimum Gasteiger partial charge on any atom is -0.403 e. The van der Waals surface area contributed by atoms with Crippen molar-refractivity contribution in [2.24, 2.45) is 5.92 Å². The lowest BCUT2D eigenvalue weighted by Crippen LogP contribution is -2.44. The monoisotopic (exact) mass is 266 g/mol. The summed E-state index contributed by atoms with van der Waals surface area (Å²) in [7, 11) is -1.72. The van der Waals surface area contributed by atoms with Crippen LogP contribution in [0.25, 0.3) is 0 Å². The molecule has 0 unspecified atom stereocenters.